The third-order valence-corrected chi connectivity index (χ3v) is 6.28. The van der Waals surface area contributed by atoms with E-state index in [0.717, 1.165) is 32.7 Å². The molecule has 1 fully saturated rings. The van der Waals surface area contributed by atoms with Crippen molar-refractivity contribution in [2.75, 3.05) is 57.4 Å². The largest absolute Gasteiger partial charge is 0.485 e. The molecule has 0 spiro atoms. The molecule has 34 heavy (non-hydrogen) atoms. The molecule has 180 valence electrons. The van der Waals surface area contributed by atoms with Crippen LogP contribution in [-0.4, -0.2) is 79.9 Å². The van der Waals surface area contributed by atoms with E-state index < -0.39 is 0 Å². The van der Waals surface area contributed by atoms with Crippen LogP contribution in [0.2, 0.25) is 0 Å². The van der Waals surface area contributed by atoms with E-state index >= 15 is 0 Å². The summed E-state index contributed by atoms with van der Waals surface area (Å²) in [5.74, 6) is 0.934. The number of para-hydroxylation sites is 1. The molecule has 0 bridgehead atoms. The first-order valence-corrected chi connectivity index (χ1v) is 11.8. The summed E-state index contributed by atoms with van der Waals surface area (Å²) in [5.41, 5.74) is 1.01. The molecule has 2 aromatic carbocycles. The summed E-state index contributed by atoms with van der Waals surface area (Å²) >= 11 is 0. The minimum Gasteiger partial charge on any atom is -0.485 e. The molecule has 0 saturated carbocycles. The fraction of sp³-hybridized carbons (Fsp3) is 0.423. The molecule has 0 radical (unpaired) electrons. The monoisotopic (exact) mass is 465 g/mol. The first kappa shape index (κ1) is 23.8. The first-order chi connectivity index (χ1) is 16.5. The van der Waals surface area contributed by atoms with Crippen molar-refractivity contribution in [3.63, 3.8) is 0 Å². The van der Waals surface area contributed by atoms with Gasteiger partial charge in [-0.1, -0.05) is 25.1 Å². The number of ether oxygens (including phenoxy) is 2. The van der Waals surface area contributed by atoms with E-state index in [4.69, 9.17) is 9.47 Å². The van der Waals surface area contributed by atoms with Gasteiger partial charge in [0, 0.05) is 44.7 Å². The number of hydrogen-bond acceptors (Lipinski definition) is 6. The van der Waals surface area contributed by atoms with Crippen molar-refractivity contribution in [2.24, 2.45) is 0 Å². The van der Waals surface area contributed by atoms with E-state index in [0.29, 0.717) is 42.1 Å². The SMILES string of the molecule is CCN1CCN(C(=O)CCCN2C(=O)COc3ccc(C(=O)COc4ccccc4)cc32)CC1. The number of rotatable bonds is 9. The summed E-state index contributed by atoms with van der Waals surface area (Å²) in [4.78, 5) is 43.8. The van der Waals surface area contributed by atoms with Gasteiger partial charge in [0.25, 0.3) is 5.91 Å². The van der Waals surface area contributed by atoms with Crippen molar-refractivity contribution in [3.8, 4) is 11.5 Å². The third kappa shape index (κ3) is 5.75. The van der Waals surface area contributed by atoms with Crippen molar-refractivity contribution < 1.29 is 23.9 Å². The summed E-state index contributed by atoms with van der Waals surface area (Å²) in [7, 11) is 0. The van der Waals surface area contributed by atoms with Crippen molar-refractivity contribution in [2.45, 2.75) is 19.8 Å². The number of carbonyl (C=O) groups is 3. The third-order valence-electron chi connectivity index (χ3n) is 6.28. The summed E-state index contributed by atoms with van der Waals surface area (Å²) in [6.07, 6.45) is 0.933. The van der Waals surface area contributed by atoms with Gasteiger partial charge in [-0.25, -0.2) is 0 Å². The van der Waals surface area contributed by atoms with Crippen molar-refractivity contribution >= 4 is 23.3 Å². The Balaban J connectivity index is 1.35. The Morgan fingerprint density at radius 2 is 1.79 bits per heavy atom. The number of nitrogens with zero attached hydrogens (tertiary/aromatic N) is 3. The van der Waals surface area contributed by atoms with Crippen LogP contribution in [-0.2, 0) is 9.59 Å². The van der Waals surface area contributed by atoms with Gasteiger partial charge in [-0.2, -0.15) is 0 Å². The van der Waals surface area contributed by atoms with E-state index in [2.05, 4.69) is 11.8 Å². The van der Waals surface area contributed by atoms with Gasteiger partial charge in [-0.3, -0.25) is 14.4 Å². The van der Waals surface area contributed by atoms with Crippen LogP contribution in [0.3, 0.4) is 0 Å². The maximum atomic E-state index is 12.7. The highest BCUT2D eigenvalue weighted by atomic mass is 16.5. The van der Waals surface area contributed by atoms with E-state index in [9.17, 15) is 14.4 Å². The quantitative estimate of drug-likeness (QED) is 0.530. The molecule has 8 heteroatoms. The van der Waals surface area contributed by atoms with Crippen molar-refractivity contribution in [3.05, 3.63) is 54.1 Å². The number of fused-ring (bicyclic) bond motifs is 1. The second kappa shape index (κ2) is 11.2. The number of likely N-dealkylation sites (N-methyl/N-ethyl adjacent to an activating group) is 1. The molecule has 2 amide bonds. The Kier molecular flexibility index (Phi) is 7.80. The molecule has 1 saturated heterocycles. The molecule has 2 heterocycles. The van der Waals surface area contributed by atoms with Crippen molar-refractivity contribution in [1.29, 1.82) is 0 Å². The number of amides is 2. The Morgan fingerprint density at radius 1 is 1.03 bits per heavy atom. The minimum absolute atomic E-state index is 0.0513. The lowest BCUT2D eigenvalue weighted by Gasteiger charge is -2.34. The molecular formula is C26H31N3O5. The van der Waals surface area contributed by atoms with E-state index in [1.165, 1.54) is 0 Å². The zero-order chi connectivity index (χ0) is 23.9. The highest BCUT2D eigenvalue weighted by Crippen LogP contribution is 2.33. The van der Waals surface area contributed by atoms with Gasteiger partial charge in [-0.15, -0.1) is 0 Å². The average molecular weight is 466 g/mol. The second-order valence-corrected chi connectivity index (χ2v) is 8.46. The molecule has 2 aromatic rings. The van der Waals surface area contributed by atoms with Crippen LogP contribution in [0, 0.1) is 0 Å². The fourth-order valence-corrected chi connectivity index (χ4v) is 4.23. The van der Waals surface area contributed by atoms with E-state index in [1.54, 1.807) is 35.2 Å². The number of carbonyl (C=O) groups excluding carboxylic acids is 3. The maximum Gasteiger partial charge on any atom is 0.265 e. The van der Waals surface area contributed by atoms with Crippen LogP contribution in [0.4, 0.5) is 5.69 Å². The van der Waals surface area contributed by atoms with E-state index in [1.807, 2.05) is 23.1 Å². The number of ketones is 1. The Labute approximate surface area is 200 Å². The van der Waals surface area contributed by atoms with Gasteiger partial charge in [0.05, 0.1) is 5.69 Å². The normalized spacial score (nSPS) is 16.1. The second-order valence-electron chi connectivity index (χ2n) is 8.46. The molecule has 0 aliphatic carbocycles. The lowest BCUT2D eigenvalue weighted by molar-refractivity contribution is -0.133. The van der Waals surface area contributed by atoms with Crippen LogP contribution >= 0.6 is 0 Å². The van der Waals surface area contributed by atoms with Crippen LogP contribution in [0.25, 0.3) is 0 Å². The first-order valence-electron chi connectivity index (χ1n) is 11.8. The Hall–Kier alpha value is -3.39. The number of anilines is 1. The highest BCUT2D eigenvalue weighted by Gasteiger charge is 2.27. The summed E-state index contributed by atoms with van der Waals surface area (Å²) < 4.78 is 11.1. The predicted octanol–water partition coefficient (Wildman–Crippen LogP) is 2.62. The van der Waals surface area contributed by atoms with Crippen LogP contribution in [0.5, 0.6) is 11.5 Å². The predicted molar refractivity (Wildman–Crippen MR) is 128 cm³/mol. The van der Waals surface area contributed by atoms with Crippen LogP contribution in [0.15, 0.2) is 48.5 Å². The average Bonchev–Trinajstić information content (AvgIpc) is 2.88. The summed E-state index contributed by atoms with van der Waals surface area (Å²) in [6.45, 7) is 6.69. The van der Waals surface area contributed by atoms with Gasteiger partial charge in [0.2, 0.25) is 5.91 Å². The maximum absolute atomic E-state index is 12.7. The summed E-state index contributed by atoms with van der Waals surface area (Å²) in [6, 6.07) is 14.2. The molecule has 2 aliphatic rings. The number of benzene rings is 2. The molecule has 0 N–H and O–H groups in total. The molecule has 0 unspecified atom stereocenters. The zero-order valence-corrected chi connectivity index (χ0v) is 19.6. The fourth-order valence-electron chi connectivity index (χ4n) is 4.23. The number of piperazine rings is 1. The molecule has 0 aromatic heterocycles. The molecule has 8 nitrogen and oxygen atoms in total. The summed E-state index contributed by atoms with van der Waals surface area (Å²) in [5, 5.41) is 0. The molecule has 0 atom stereocenters. The van der Waals surface area contributed by atoms with Gasteiger partial charge in [0.1, 0.15) is 11.5 Å². The zero-order valence-electron chi connectivity index (χ0n) is 19.6. The molecule has 2 aliphatic heterocycles. The molecular weight excluding hydrogens is 434 g/mol. The van der Waals surface area contributed by atoms with E-state index in [-0.39, 0.29) is 30.8 Å². The Morgan fingerprint density at radius 3 is 2.53 bits per heavy atom. The lowest BCUT2D eigenvalue weighted by atomic mass is 10.1. The van der Waals surface area contributed by atoms with Crippen LogP contribution in [0.1, 0.15) is 30.1 Å². The van der Waals surface area contributed by atoms with Crippen LogP contribution < -0.4 is 14.4 Å². The topological polar surface area (TPSA) is 79.4 Å². The van der Waals surface area contributed by atoms with Crippen molar-refractivity contribution in [1.82, 2.24) is 9.80 Å². The standard InChI is InChI=1S/C26H31N3O5/c1-2-27-13-15-28(16-14-27)25(31)9-6-12-29-22-17-20(10-11-24(22)34-19-26(29)32)23(30)18-33-21-7-4-3-5-8-21/h3-5,7-8,10-11,17H,2,6,9,12-16,18-19H2,1H3. The minimum atomic E-state index is -0.189. The van der Waals surface area contributed by atoms with Gasteiger partial charge in [-0.05, 0) is 43.3 Å². The highest BCUT2D eigenvalue weighted by molar-refractivity contribution is 6.02. The Bertz CT molecular complexity index is 1020. The number of Topliss-reactive ketones (excluding diaryl/α,β-unsaturated/α-hetero) is 1. The molecule has 4 rings (SSSR count). The van der Waals surface area contributed by atoms with Gasteiger partial charge < -0.3 is 24.2 Å². The smallest absolute Gasteiger partial charge is 0.265 e. The van der Waals surface area contributed by atoms with Gasteiger partial charge >= 0.3 is 0 Å². The lowest BCUT2D eigenvalue weighted by Crippen LogP contribution is -2.48. The van der Waals surface area contributed by atoms with Gasteiger partial charge in [0.15, 0.2) is 19.0 Å². The number of hydrogen-bond donors (Lipinski definition) is 0.